The molecule has 0 aliphatic carbocycles. The largest absolute Gasteiger partial charge is 0.481 e. The molecule has 2 heterocycles. The summed E-state index contributed by atoms with van der Waals surface area (Å²) in [4.78, 5) is 17.5. The van der Waals surface area contributed by atoms with Crippen molar-refractivity contribution < 1.29 is 9.53 Å². The summed E-state index contributed by atoms with van der Waals surface area (Å²) < 4.78 is 6.38. The van der Waals surface area contributed by atoms with Crippen LogP contribution in [0.5, 0.6) is 5.75 Å². The summed E-state index contributed by atoms with van der Waals surface area (Å²) in [5.41, 5.74) is 3.13. The second-order valence-electron chi connectivity index (χ2n) is 7.12. The number of carbonyl (C=O) groups excluding carboxylic acids is 1. The van der Waals surface area contributed by atoms with E-state index in [2.05, 4.69) is 40.6 Å². The lowest BCUT2D eigenvalue weighted by atomic mass is 9.96. The zero-order valence-corrected chi connectivity index (χ0v) is 17.7. The summed E-state index contributed by atoms with van der Waals surface area (Å²) in [5.74, 6) is 0.910. The number of carbonyl (C=O) groups is 1. The van der Waals surface area contributed by atoms with E-state index in [0.717, 1.165) is 38.8 Å². The highest BCUT2D eigenvalue weighted by Crippen LogP contribution is 2.39. The first-order valence-electron chi connectivity index (χ1n) is 10.1. The first-order valence-corrected chi connectivity index (χ1v) is 11.0. The number of aromatic nitrogens is 1. The maximum atomic E-state index is 12.0. The van der Waals surface area contributed by atoms with E-state index >= 15 is 0 Å². The van der Waals surface area contributed by atoms with Crippen molar-refractivity contribution in [2.75, 3.05) is 6.54 Å². The third kappa shape index (κ3) is 4.92. The van der Waals surface area contributed by atoms with Gasteiger partial charge in [-0.1, -0.05) is 55.1 Å². The molecule has 0 bridgehead atoms. The fourth-order valence-electron chi connectivity index (χ4n) is 3.39. The molecule has 1 atom stereocenters. The molecule has 0 fully saturated rings. The molecule has 152 valence electrons. The molecule has 0 saturated carbocycles. The molecule has 1 aromatic heterocycles. The SMILES string of the molecule is CCCC(=O)NCC1=Cc2cc(Sc3ccccn3)ccc2OC1c1ccccc1. The van der Waals surface area contributed by atoms with Crippen LogP contribution < -0.4 is 10.1 Å². The second-order valence-corrected chi connectivity index (χ2v) is 8.22. The van der Waals surface area contributed by atoms with E-state index in [9.17, 15) is 4.79 Å². The minimum atomic E-state index is -0.213. The van der Waals surface area contributed by atoms with Gasteiger partial charge in [0.1, 0.15) is 16.9 Å². The zero-order valence-electron chi connectivity index (χ0n) is 16.9. The molecule has 0 saturated heterocycles. The molecule has 4 nitrogen and oxygen atoms in total. The van der Waals surface area contributed by atoms with E-state index in [0.29, 0.717) is 13.0 Å². The number of nitrogens with one attached hydrogen (secondary N) is 1. The van der Waals surface area contributed by atoms with Crippen LogP contribution in [0, 0.1) is 0 Å². The molecule has 1 amide bonds. The molecule has 1 aliphatic heterocycles. The summed E-state index contributed by atoms with van der Waals surface area (Å²) in [6.07, 6.45) is 5.10. The van der Waals surface area contributed by atoms with Gasteiger partial charge in [-0.25, -0.2) is 4.98 Å². The van der Waals surface area contributed by atoms with E-state index in [1.54, 1.807) is 18.0 Å². The fraction of sp³-hybridized carbons (Fsp3) is 0.200. The number of amides is 1. The van der Waals surface area contributed by atoms with E-state index in [1.165, 1.54) is 0 Å². The average molecular weight is 417 g/mol. The summed E-state index contributed by atoms with van der Waals surface area (Å²) in [5, 5.41) is 3.99. The van der Waals surface area contributed by atoms with Gasteiger partial charge in [0.15, 0.2) is 0 Å². The molecular formula is C25H24N2O2S. The van der Waals surface area contributed by atoms with Crippen LogP contribution in [0.1, 0.15) is 37.0 Å². The molecular weight excluding hydrogens is 392 g/mol. The normalized spacial score (nSPS) is 15.0. The molecule has 4 rings (SSSR count). The second kappa shape index (κ2) is 9.63. The summed E-state index contributed by atoms with van der Waals surface area (Å²) >= 11 is 1.62. The topological polar surface area (TPSA) is 51.2 Å². The Bertz CT molecular complexity index is 1040. The van der Waals surface area contributed by atoms with Crippen LogP contribution >= 0.6 is 11.8 Å². The molecule has 30 heavy (non-hydrogen) atoms. The molecule has 2 aromatic carbocycles. The smallest absolute Gasteiger partial charge is 0.220 e. The van der Waals surface area contributed by atoms with Crippen LogP contribution in [-0.2, 0) is 4.79 Å². The lowest BCUT2D eigenvalue weighted by molar-refractivity contribution is -0.120. The third-order valence-electron chi connectivity index (χ3n) is 4.83. The number of pyridine rings is 1. The lowest BCUT2D eigenvalue weighted by Gasteiger charge is -2.28. The highest BCUT2D eigenvalue weighted by Gasteiger charge is 2.25. The van der Waals surface area contributed by atoms with Gasteiger partial charge >= 0.3 is 0 Å². The lowest BCUT2D eigenvalue weighted by Crippen LogP contribution is -2.29. The Morgan fingerprint density at radius 2 is 1.93 bits per heavy atom. The van der Waals surface area contributed by atoms with Gasteiger partial charge in [-0.3, -0.25) is 4.79 Å². The number of rotatable bonds is 7. The quantitative estimate of drug-likeness (QED) is 0.539. The van der Waals surface area contributed by atoms with Gasteiger partial charge in [0.25, 0.3) is 0 Å². The minimum absolute atomic E-state index is 0.0652. The van der Waals surface area contributed by atoms with E-state index < -0.39 is 0 Å². The molecule has 1 unspecified atom stereocenters. The highest BCUT2D eigenvalue weighted by molar-refractivity contribution is 7.99. The molecule has 0 radical (unpaired) electrons. The van der Waals surface area contributed by atoms with E-state index in [1.807, 2.05) is 49.4 Å². The molecule has 5 heteroatoms. The van der Waals surface area contributed by atoms with Crippen LogP contribution in [0.2, 0.25) is 0 Å². The van der Waals surface area contributed by atoms with Crippen molar-refractivity contribution in [2.24, 2.45) is 0 Å². The Kier molecular flexibility index (Phi) is 6.50. The molecule has 0 spiro atoms. The van der Waals surface area contributed by atoms with Crippen LogP contribution in [0.25, 0.3) is 6.08 Å². The Balaban J connectivity index is 1.62. The van der Waals surface area contributed by atoms with Gasteiger partial charge in [0.05, 0.1) is 0 Å². The zero-order chi connectivity index (χ0) is 20.8. The van der Waals surface area contributed by atoms with Crippen molar-refractivity contribution in [3.63, 3.8) is 0 Å². The fourth-order valence-corrected chi connectivity index (χ4v) is 4.21. The predicted molar refractivity (Wildman–Crippen MR) is 121 cm³/mol. The summed E-state index contributed by atoms with van der Waals surface area (Å²) in [6, 6.07) is 22.2. The van der Waals surface area contributed by atoms with Gasteiger partial charge in [-0.2, -0.15) is 0 Å². The van der Waals surface area contributed by atoms with Crippen molar-refractivity contribution in [3.05, 3.63) is 89.6 Å². The number of ether oxygens (including phenoxy) is 1. The van der Waals surface area contributed by atoms with E-state index in [4.69, 9.17) is 4.74 Å². The van der Waals surface area contributed by atoms with Gasteiger partial charge in [-0.15, -0.1) is 0 Å². The molecule has 3 aromatic rings. The Labute approximate surface area is 181 Å². The van der Waals surface area contributed by atoms with Gasteiger partial charge < -0.3 is 10.1 Å². The van der Waals surface area contributed by atoms with E-state index in [-0.39, 0.29) is 12.0 Å². The number of hydrogen-bond donors (Lipinski definition) is 1. The van der Waals surface area contributed by atoms with Crippen molar-refractivity contribution in [1.82, 2.24) is 10.3 Å². The van der Waals surface area contributed by atoms with Gasteiger partial charge in [-0.05, 0) is 54.0 Å². The Morgan fingerprint density at radius 3 is 2.70 bits per heavy atom. The summed E-state index contributed by atoms with van der Waals surface area (Å²) in [6.45, 7) is 2.47. The highest BCUT2D eigenvalue weighted by atomic mass is 32.2. The standard InChI is InChI=1S/C25H24N2O2S/c1-2-8-23(28)27-17-20-15-19-16-21(30-24-11-6-7-14-26-24)12-13-22(19)29-25(20)18-9-4-3-5-10-18/h3-7,9-16,25H,2,8,17H2,1H3,(H,27,28). The number of hydrogen-bond acceptors (Lipinski definition) is 4. The number of fused-ring (bicyclic) bond motifs is 1. The van der Waals surface area contributed by atoms with Crippen LogP contribution in [0.4, 0.5) is 0 Å². The minimum Gasteiger partial charge on any atom is -0.481 e. The summed E-state index contributed by atoms with van der Waals surface area (Å²) in [7, 11) is 0. The first kappa shape index (κ1) is 20.2. The Hall–Kier alpha value is -3.05. The van der Waals surface area contributed by atoms with Gasteiger partial charge in [0.2, 0.25) is 5.91 Å². The van der Waals surface area contributed by atoms with Crippen LogP contribution in [-0.4, -0.2) is 17.4 Å². The maximum absolute atomic E-state index is 12.0. The number of nitrogens with zero attached hydrogens (tertiary/aromatic N) is 1. The average Bonchev–Trinajstić information content (AvgIpc) is 2.78. The van der Waals surface area contributed by atoms with Crippen molar-refractivity contribution >= 4 is 23.7 Å². The van der Waals surface area contributed by atoms with Crippen molar-refractivity contribution in [2.45, 2.75) is 35.8 Å². The maximum Gasteiger partial charge on any atom is 0.220 e. The predicted octanol–water partition coefficient (Wildman–Crippen LogP) is 5.67. The first-order chi connectivity index (χ1) is 14.7. The van der Waals surface area contributed by atoms with Gasteiger partial charge in [0, 0.05) is 29.6 Å². The van der Waals surface area contributed by atoms with Crippen LogP contribution in [0.15, 0.2) is 88.4 Å². The van der Waals surface area contributed by atoms with Crippen molar-refractivity contribution in [1.29, 1.82) is 0 Å². The molecule has 1 aliphatic rings. The monoisotopic (exact) mass is 416 g/mol. The number of benzene rings is 2. The van der Waals surface area contributed by atoms with Crippen LogP contribution in [0.3, 0.4) is 0 Å². The molecule has 1 N–H and O–H groups in total. The Morgan fingerprint density at radius 1 is 1.10 bits per heavy atom. The van der Waals surface area contributed by atoms with Crippen molar-refractivity contribution in [3.8, 4) is 5.75 Å². The third-order valence-corrected chi connectivity index (χ3v) is 5.77.